The fourth-order valence-corrected chi connectivity index (χ4v) is 3.14. The van der Waals surface area contributed by atoms with E-state index in [1.807, 2.05) is 13.1 Å². The fraction of sp³-hybridized carbons (Fsp3) is 0.500. The van der Waals surface area contributed by atoms with Crippen molar-refractivity contribution in [2.45, 2.75) is 40.8 Å². The van der Waals surface area contributed by atoms with E-state index in [1.54, 1.807) is 13.8 Å². The van der Waals surface area contributed by atoms with Crippen LogP contribution >= 0.6 is 0 Å². The smallest absolute Gasteiger partial charge is 0.453 e. The largest absolute Gasteiger partial charge is 0.516 e. The number of carbonyl (C=O) groups excluding carboxylic acids is 2. The van der Waals surface area contributed by atoms with Crippen molar-refractivity contribution in [2.75, 3.05) is 0 Å². The maximum Gasteiger partial charge on any atom is 0.453 e. The van der Waals surface area contributed by atoms with Crippen LogP contribution in [-0.4, -0.2) is 20.1 Å². The highest BCUT2D eigenvalue weighted by molar-refractivity contribution is 6.65. The van der Waals surface area contributed by atoms with E-state index in [-0.39, 0.29) is 11.6 Å². The molecule has 0 aliphatic rings. The summed E-state index contributed by atoms with van der Waals surface area (Å²) in [7, 11) is -2.40. The standard InChI is InChI=1S/C12H20O4Si/c1-9(13)7-11(3)15-17(5,6)16-12(4)8-10(2)14/h7-8H,1-6H3. The van der Waals surface area contributed by atoms with Crippen LogP contribution < -0.4 is 0 Å². The summed E-state index contributed by atoms with van der Waals surface area (Å²) in [6, 6.07) is 0. The van der Waals surface area contributed by atoms with Gasteiger partial charge in [0, 0.05) is 25.2 Å². The number of rotatable bonds is 6. The molecule has 0 aliphatic heterocycles. The molecule has 0 rings (SSSR count). The molecule has 0 bridgehead atoms. The molecule has 0 saturated carbocycles. The number of hydrogen-bond acceptors (Lipinski definition) is 4. The zero-order valence-corrected chi connectivity index (χ0v) is 12.3. The molecule has 4 nitrogen and oxygen atoms in total. The normalized spacial score (nSPS) is 13.3. The van der Waals surface area contributed by atoms with Crippen molar-refractivity contribution >= 4 is 20.1 Å². The highest BCUT2D eigenvalue weighted by Gasteiger charge is 2.29. The summed E-state index contributed by atoms with van der Waals surface area (Å²) in [6.45, 7) is 10.0. The molecule has 0 aromatic carbocycles. The van der Waals surface area contributed by atoms with Gasteiger partial charge in [-0.3, -0.25) is 9.59 Å². The van der Waals surface area contributed by atoms with Gasteiger partial charge in [-0.2, -0.15) is 0 Å². The third kappa shape index (κ3) is 8.44. The lowest BCUT2D eigenvalue weighted by Crippen LogP contribution is -2.33. The molecule has 0 spiro atoms. The maximum atomic E-state index is 10.9. The Morgan fingerprint density at radius 2 is 1.12 bits per heavy atom. The number of allylic oxidation sites excluding steroid dienone is 4. The Bertz CT molecular complexity index is 333. The summed E-state index contributed by atoms with van der Waals surface area (Å²) < 4.78 is 11.2. The lowest BCUT2D eigenvalue weighted by Gasteiger charge is -2.25. The van der Waals surface area contributed by atoms with Crippen molar-refractivity contribution in [1.29, 1.82) is 0 Å². The van der Waals surface area contributed by atoms with Gasteiger partial charge < -0.3 is 8.85 Å². The zero-order chi connectivity index (χ0) is 13.6. The van der Waals surface area contributed by atoms with Gasteiger partial charge in [0.1, 0.15) is 0 Å². The third-order valence-electron chi connectivity index (χ3n) is 1.63. The maximum absolute atomic E-state index is 10.9. The highest BCUT2D eigenvalue weighted by atomic mass is 28.4. The average molecular weight is 256 g/mol. The van der Waals surface area contributed by atoms with Gasteiger partial charge in [0.15, 0.2) is 11.6 Å². The van der Waals surface area contributed by atoms with Crippen LogP contribution in [0.3, 0.4) is 0 Å². The van der Waals surface area contributed by atoms with E-state index < -0.39 is 8.56 Å². The minimum atomic E-state index is -2.40. The second kappa shape index (κ2) is 6.39. The van der Waals surface area contributed by atoms with Gasteiger partial charge >= 0.3 is 8.56 Å². The number of carbonyl (C=O) groups is 2. The van der Waals surface area contributed by atoms with Crippen LogP contribution in [0.15, 0.2) is 23.7 Å². The topological polar surface area (TPSA) is 52.6 Å². The first-order valence-electron chi connectivity index (χ1n) is 5.38. The van der Waals surface area contributed by atoms with Crippen LogP contribution in [0.5, 0.6) is 0 Å². The lowest BCUT2D eigenvalue weighted by atomic mass is 10.4. The van der Waals surface area contributed by atoms with Crippen LogP contribution in [-0.2, 0) is 18.4 Å². The molecule has 0 aromatic heterocycles. The average Bonchev–Trinajstić information content (AvgIpc) is 1.95. The number of ketones is 2. The van der Waals surface area contributed by atoms with E-state index in [0.29, 0.717) is 11.5 Å². The van der Waals surface area contributed by atoms with Crippen LogP contribution in [0.25, 0.3) is 0 Å². The summed E-state index contributed by atoms with van der Waals surface area (Å²) >= 11 is 0. The van der Waals surface area contributed by atoms with Gasteiger partial charge in [-0.15, -0.1) is 0 Å². The molecule has 0 radical (unpaired) electrons. The van der Waals surface area contributed by atoms with Crippen LogP contribution in [0, 0.1) is 0 Å². The van der Waals surface area contributed by atoms with Crippen molar-refractivity contribution in [3.8, 4) is 0 Å². The van der Waals surface area contributed by atoms with E-state index in [4.69, 9.17) is 8.85 Å². The van der Waals surface area contributed by atoms with Gasteiger partial charge in [0.05, 0.1) is 11.5 Å². The van der Waals surface area contributed by atoms with E-state index in [9.17, 15) is 9.59 Å². The first-order chi connectivity index (χ1) is 7.62. The quantitative estimate of drug-likeness (QED) is 0.416. The van der Waals surface area contributed by atoms with Gasteiger partial charge in [-0.05, 0) is 27.7 Å². The predicted molar refractivity (Wildman–Crippen MR) is 68.5 cm³/mol. The molecular formula is C12H20O4Si. The van der Waals surface area contributed by atoms with Crippen molar-refractivity contribution in [3.05, 3.63) is 23.7 Å². The Balaban J connectivity index is 4.59. The first-order valence-corrected chi connectivity index (χ1v) is 8.20. The van der Waals surface area contributed by atoms with E-state index in [2.05, 4.69) is 0 Å². The van der Waals surface area contributed by atoms with Gasteiger partial charge in [0.25, 0.3) is 0 Å². The fourth-order valence-electron chi connectivity index (χ4n) is 1.43. The van der Waals surface area contributed by atoms with Crippen LogP contribution in [0.4, 0.5) is 0 Å². The Morgan fingerprint density at radius 3 is 1.35 bits per heavy atom. The van der Waals surface area contributed by atoms with Gasteiger partial charge in [-0.25, -0.2) is 0 Å². The monoisotopic (exact) mass is 256 g/mol. The molecular weight excluding hydrogens is 236 g/mol. The molecule has 96 valence electrons. The third-order valence-corrected chi connectivity index (χ3v) is 3.25. The number of hydrogen-bond donors (Lipinski definition) is 0. The van der Waals surface area contributed by atoms with Crippen molar-refractivity contribution in [3.63, 3.8) is 0 Å². The lowest BCUT2D eigenvalue weighted by molar-refractivity contribution is -0.113. The molecule has 0 fully saturated rings. The molecule has 0 aliphatic carbocycles. The SMILES string of the molecule is CC(=O)C=C(C)O[Si](C)(C)OC(C)=CC(C)=O. The van der Waals surface area contributed by atoms with E-state index in [0.717, 1.165) is 0 Å². The predicted octanol–water partition coefficient (Wildman–Crippen LogP) is 2.71. The summed E-state index contributed by atoms with van der Waals surface area (Å²) in [4.78, 5) is 21.7. The van der Waals surface area contributed by atoms with E-state index >= 15 is 0 Å². The minimum absolute atomic E-state index is 0.0664. The molecule has 0 amide bonds. The van der Waals surface area contributed by atoms with Crippen molar-refractivity contribution < 1.29 is 18.4 Å². The van der Waals surface area contributed by atoms with Crippen molar-refractivity contribution in [2.24, 2.45) is 0 Å². The highest BCUT2D eigenvalue weighted by Crippen LogP contribution is 2.16. The molecule has 5 heteroatoms. The Kier molecular flexibility index (Phi) is 5.88. The molecule has 0 unspecified atom stereocenters. The first kappa shape index (κ1) is 15.6. The molecule has 0 heterocycles. The zero-order valence-electron chi connectivity index (χ0n) is 11.3. The second-order valence-corrected chi connectivity index (χ2v) is 7.54. The molecule has 0 atom stereocenters. The van der Waals surface area contributed by atoms with Gasteiger partial charge in [-0.1, -0.05) is 0 Å². The van der Waals surface area contributed by atoms with Crippen molar-refractivity contribution in [1.82, 2.24) is 0 Å². The van der Waals surface area contributed by atoms with Crippen LogP contribution in [0.1, 0.15) is 27.7 Å². The minimum Gasteiger partial charge on any atom is -0.516 e. The molecule has 17 heavy (non-hydrogen) atoms. The summed E-state index contributed by atoms with van der Waals surface area (Å²) in [5.74, 6) is 0.932. The summed E-state index contributed by atoms with van der Waals surface area (Å²) in [5.41, 5.74) is 0. The Morgan fingerprint density at radius 1 is 0.824 bits per heavy atom. The summed E-state index contributed by atoms with van der Waals surface area (Å²) in [5, 5.41) is 0. The van der Waals surface area contributed by atoms with Crippen LogP contribution in [0.2, 0.25) is 13.1 Å². The molecule has 0 N–H and O–H groups in total. The molecule has 0 saturated heterocycles. The van der Waals surface area contributed by atoms with E-state index in [1.165, 1.54) is 26.0 Å². The Hall–Kier alpha value is -1.36. The second-order valence-electron chi connectivity index (χ2n) is 4.34. The molecule has 0 aromatic rings. The van der Waals surface area contributed by atoms with Gasteiger partial charge in [0.2, 0.25) is 0 Å². The Labute approximate surface area is 104 Å². The summed E-state index contributed by atoms with van der Waals surface area (Å²) in [6.07, 6.45) is 2.84.